The number of hydrazine groups is 1. The number of hydrogen-bond donors (Lipinski definition) is 3. The van der Waals surface area contributed by atoms with Crippen LogP contribution >= 0.6 is 11.8 Å². The van der Waals surface area contributed by atoms with Crippen molar-refractivity contribution in [3.63, 3.8) is 0 Å². The number of carbonyl (C=O) groups is 1. The first-order chi connectivity index (χ1) is 14.5. The van der Waals surface area contributed by atoms with Crippen molar-refractivity contribution in [2.24, 2.45) is 5.92 Å². The van der Waals surface area contributed by atoms with E-state index >= 15 is 0 Å². The molecule has 154 valence electrons. The Morgan fingerprint density at radius 1 is 1.23 bits per heavy atom. The number of anilines is 2. The van der Waals surface area contributed by atoms with Crippen molar-refractivity contribution in [3.05, 3.63) is 53.9 Å². The van der Waals surface area contributed by atoms with Gasteiger partial charge in [0.25, 0.3) is 0 Å². The van der Waals surface area contributed by atoms with Crippen molar-refractivity contribution in [3.8, 4) is 0 Å². The number of nitrogens with one attached hydrogen (secondary N) is 3. The number of aryl methyl sites for hydroxylation is 2. The van der Waals surface area contributed by atoms with Crippen molar-refractivity contribution < 1.29 is 4.79 Å². The summed E-state index contributed by atoms with van der Waals surface area (Å²) in [5, 5.41) is 17.6. The summed E-state index contributed by atoms with van der Waals surface area (Å²) in [6, 6.07) is 9.81. The summed E-state index contributed by atoms with van der Waals surface area (Å²) in [4.78, 5) is 17.5. The summed E-state index contributed by atoms with van der Waals surface area (Å²) in [5.74, 6) is 2.63. The Labute approximate surface area is 177 Å². The van der Waals surface area contributed by atoms with Crippen LogP contribution in [0.4, 0.5) is 11.5 Å². The van der Waals surface area contributed by atoms with E-state index in [1.807, 2.05) is 60.1 Å². The lowest BCUT2D eigenvalue weighted by atomic mass is 10.3. The van der Waals surface area contributed by atoms with Crippen LogP contribution in [0.5, 0.6) is 0 Å². The van der Waals surface area contributed by atoms with Crippen LogP contribution in [0, 0.1) is 19.8 Å². The van der Waals surface area contributed by atoms with Crippen LogP contribution in [0.25, 0.3) is 5.03 Å². The fourth-order valence-corrected chi connectivity index (χ4v) is 4.13. The van der Waals surface area contributed by atoms with Crippen LogP contribution in [-0.2, 0) is 11.3 Å². The Morgan fingerprint density at radius 3 is 2.73 bits per heavy atom. The highest BCUT2D eigenvalue weighted by molar-refractivity contribution is 8.08. The highest BCUT2D eigenvalue weighted by Gasteiger charge is 2.29. The molecule has 10 heteroatoms. The predicted octanol–water partition coefficient (Wildman–Crippen LogP) is 3.36. The van der Waals surface area contributed by atoms with E-state index in [-0.39, 0.29) is 11.8 Å². The Kier molecular flexibility index (Phi) is 4.70. The Morgan fingerprint density at radius 2 is 2.03 bits per heavy atom. The second kappa shape index (κ2) is 7.52. The highest BCUT2D eigenvalue weighted by atomic mass is 32.2. The van der Waals surface area contributed by atoms with E-state index in [1.165, 1.54) is 0 Å². The van der Waals surface area contributed by atoms with Gasteiger partial charge in [0.15, 0.2) is 11.6 Å². The fraction of sp³-hybridized carbons (Fsp3) is 0.300. The quantitative estimate of drug-likeness (QED) is 0.560. The zero-order chi connectivity index (χ0) is 20.7. The van der Waals surface area contributed by atoms with Crippen molar-refractivity contribution in [2.45, 2.75) is 38.1 Å². The number of fused-ring (bicyclic) bond motifs is 1. The van der Waals surface area contributed by atoms with Crippen LogP contribution < -0.4 is 10.7 Å². The van der Waals surface area contributed by atoms with E-state index in [4.69, 9.17) is 0 Å². The second-order valence-electron chi connectivity index (χ2n) is 7.52. The third kappa shape index (κ3) is 4.04. The number of H-pyrrole nitrogens is 1. The molecule has 0 atom stereocenters. The third-order valence-corrected chi connectivity index (χ3v) is 5.82. The van der Waals surface area contributed by atoms with Gasteiger partial charge in [-0.25, -0.2) is 9.67 Å². The molecule has 0 saturated heterocycles. The first-order valence-electron chi connectivity index (χ1n) is 9.82. The number of hydrogen-bond acceptors (Lipinski definition) is 7. The molecule has 3 heterocycles. The topological polar surface area (TPSA) is 104 Å². The molecule has 5 rings (SSSR count). The van der Waals surface area contributed by atoms with Gasteiger partial charge in [0.05, 0.1) is 12.7 Å². The lowest BCUT2D eigenvalue weighted by Gasteiger charge is -2.26. The molecular formula is C20H22N8OS. The number of rotatable bonds is 6. The van der Waals surface area contributed by atoms with Gasteiger partial charge in [0.1, 0.15) is 10.9 Å². The number of benzene rings is 1. The molecule has 30 heavy (non-hydrogen) atoms. The molecule has 1 amide bonds. The van der Waals surface area contributed by atoms with Gasteiger partial charge in [0, 0.05) is 28.3 Å². The van der Waals surface area contributed by atoms with E-state index in [2.05, 4.69) is 31.0 Å². The number of amides is 1. The minimum atomic E-state index is 0.114. The molecule has 0 unspecified atom stereocenters. The molecule has 0 bridgehead atoms. The molecule has 1 aromatic carbocycles. The summed E-state index contributed by atoms with van der Waals surface area (Å²) >= 11 is 1.59. The van der Waals surface area contributed by atoms with E-state index in [0.717, 1.165) is 51.6 Å². The Balaban J connectivity index is 1.34. The minimum absolute atomic E-state index is 0.114. The lowest BCUT2D eigenvalue weighted by molar-refractivity contribution is -0.117. The first-order valence-corrected chi connectivity index (χ1v) is 10.6. The molecule has 3 N–H and O–H groups in total. The maximum atomic E-state index is 11.9. The average Bonchev–Trinajstić information content (AvgIpc) is 3.39. The molecule has 1 aliphatic heterocycles. The maximum absolute atomic E-state index is 11.9. The van der Waals surface area contributed by atoms with Gasteiger partial charge < -0.3 is 5.32 Å². The van der Waals surface area contributed by atoms with E-state index in [0.29, 0.717) is 6.54 Å². The van der Waals surface area contributed by atoms with E-state index < -0.39 is 0 Å². The van der Waals surface area contributed by atoms with Gasteiger partial charge in [-0.1, -0.05) is 11.8 Å². The number of aromatic amines is 1. The monoisotopic (exact) mass is 422 g/mol. The summed E-state index contributed by atoms with van der Waals surface area (Å²) in [7, 11) is 0. The highest BCUT2D eigenvalue weighted by Crippen LogP contribution is 2.35. The third-order valence-electron chi connectivity index (χ3n) is 4.82. The molecule has 2 aromatic heterocycles. The van der Waals surface area contributed by atoms with Gasteiger partial charge in [-0.05, 0) is 51.0 Å². The van der Waals surface area contributed by atoms with Crippen LogP contribution in [-0.4, -0.2) is 35.9 Å². The zero-order valence-electron chi connectivity index (χ0n) is 16.7. The van der Waals surface area contributed by atoms with Gasteiger partial charge in [0.2, 0.25) is 5.91 Å². The van der Waals surface area contributed by atoms with Crippen LogP contribution in [0.15, 0.2) is 41.4 Å². The molecule has 1 aliphatic carbocycles. The van der Waals surface area contributed by atoms with Crippen molar-refractivity contribution in [1.29, 1.82) is 0 Å². The van der Waals surface area contributed by atoms with Crippen molar-refractivity contribution in [2.75, 3.05) is 10.7 Å². The smallest absolute Gasteiger partial charge is 0.227 e. The maximum Gasteiger partial charge on any atom is 0.227 e. The largest absolute Gasteiger partial charge is 0.326 e. The molecular weight excluding hydrogens is 400 g/mol. The number of nitrogens with zero attached hydrogens (tertiary/aromatic N) is 5. The van der Waals surface area contributed by atoms with Crippen LogP contribution in [0.1, 0.15) is 30.2 Å². The van der Waals surface area contributed by atoms with Gasteiger partial charge in [-0.2, -0.15) is 10.2 Å². The summed E-state index contributed by atoms with van der Waals surface area (Å²) in [6.07, 6.45) is 3.99. The molecule has 1 saturated carbocycles. The van der Waals surface area contributed by atoms with Crippen LogP contribution in [0.2, 0.25) is 0 Å². The van der Waals surface area contributed by atoms with Crippen molar-refractivity contribution >= 4 is 34.2 Å². The van der Waals surface area contributed by atoms with E-state index in [9.17, 15) is 4.79 Å². The standard InChI is InChI=1S/C20H22N8OS/c1-12-9-17(24-23-12)26-27-10-18-21-13(2)25-28(18)19(11-27)30-16-7-5-15(6-8-16)22-20(29)14-3-4-14/h5-9,11,14H,3-4,10H2,1-2H3,(H,22,29)(H2,23,24,26). The molecule has 9 nitrogen and oxygen atoms in total. The molecule has 3 aromatic rings. The van der Waals surface area contributed by atoms with Gasteiger partial charge >= 0.3 is 0 Å². The minimum Gasteiger partial charge on any atom is -0.326 e. The van der Waals surface area contributed by atoms with Gasteiger partial charge in [-0.3, -0.25) is 20.3 Å². The molecule has 1 fully saturated rings. The van der Waals surface area contributed by atoms with Crippen LogP contribution in [0.3, 0.4) is 0 Å². The van der Waals surface area contributed by atoms with Crippen molar-refractivity contribution in [1.82, 2.24) is 30.0 Å². The normalized spacial score (nSPS) is 15.5. The number of thioether (sulfide) groups is 1. The van der Waals surface area contributed by atoms with Gasteiger partial charge in [-0.15, -0.1) is 0 Å². The SMILES string of the molecule is Cc1nc2n(n1)C(Sc1ccc(NC(=O)C3CC3)cc1)=CN(Nc1cc(C)[nH]n1)C2. The summed E-state index contributed by atoms with van der Waals surface area (Å²) in [5.41, 5.74) is 5.10. The molecule has 2 aliphatic rings. The van der Waals surface area contributed by atoms with E-state index in [1.54, 1.807) is 11.8 Å². The summed E-state index contributed by atoms with van der Waals surface area (Å²) < 4.78 is 1.87. The second-order valence-corrected chi connectivity index (χ2v) is 8.61. The fourth-order valence-electron chi connectivity index (χ4n) is 3.20. The Bertz CT molecular complexity index is 1110. The number of aromatic nitrogens is 5. The Hall–Kier alpha value is -3.27. The lowest BCUT2D eigenvalue weighted by Crippen LogP contribution is -2.30. The zero-order valence-corrected chi connectivity index (χ0v) is 17.5. The summed E-state index contributed by atoms with van der Waals surface area (Å²) in [6.45, 7) is 4.42. The molecule has 0 radical (unpaired) electrons. The molecule has 0 spiro atoms. The average molecular weight is 423 g/mol. The predicted molar refractivity (Wildman–Crippen MR) is 115 cm³/mol. The number of carbonyl (C=O) groups excluding carboxylic acids is 1. The first kappa shape index (κ1) is 18.7.